The minimum absolute atomic E-state index is 0. The van der Waals surface area contributed by atoms with Crippen LogP contribution < -0.4 is 16.0 Å². The third kappa shape index (κ3) is 5.32. The van der Waals surface area contributed by atoms with Crippen molar-refractivity contribution in [2.45, 2.75) is 10.9 Å². The number of nitrogens with one attached hydrogen (secondary N) is 1. The molecular weight excluding hydrogens is 356 g/mol. The van der Waals surface area contributed by atoms with Crippen molar-refractivity contribution in [3.63, 3.8) is 0 Å². The summed E-state index contributed by atoms with van der Waals surface area (Å²) in [5.41, 5.74) is 6.73. The first kappa shape index (κ1) is 22.6. The fourth-order valence-electron chi connectivity index (χ4n) is 1.86. The zero-order valence-corrected chi connectivity index (χ0v) is 16.1. The molecule has 0 radical (unpaired) electrons. The Labute approximate surface area is 149 Å². The number of sulfonamides is 1. The predicted molar refractivity (Wildman–Crippen MR) is 97.4 cm³/mol. The Bertz CT molecular complexity index is 665. The van der Waals surface area contributed by atoms with Gasteiger partial charge in [-0.15, -0.1) is 12.4 Å². The fourth-order valence-corrected chi connectivity index (χ4v) is 2.79. The Kier molecular flexibility index (Phi) is 8.65. The van der Waals surface area contributed by atoms with Crippen LogP contribution in [-0.4, -0.2) is 66.6 Å². The average molecular weight is 381 g/mol. The SMILES string of the molecule is COCC(N)C(=O)Nc1cc(S(=O)(=O)N(C)C)ccc1N(C)C.Cl. The van der Waals surface area contributed by atoms with Gasteiger partial charge in [0.05, 0.1) is 22.9 Å². The van der Waals surface area contributed by atoms with Gasteiger partial charge in [-0.25, -0.2) is 12.7 Å². The van der Waals surface area contributed by atoms with Crippen LogP contribution in [0.2, 0.25) is 0 Å². The topological polar surface area (TPSA) is 105 Å². The van der Waals surface area contributed by atoms with Gasteiger partial charge >= 0.3 is 0 Å². The van der Waals surface area contributed by atoms with Crippen LogP contribution in [0, 0.1) is 0 Å². The molecule has 0 aliphatic carbocycles. The van der Waals surface area contributed by atoms with Crippen LogP contribution in [0.1, 0.15) is 0 Å². The quantitative estimate of drug-likeness (QED) is 0.706. The first-order valence-electron chi connectivity index (χ1n) is 6.90. The van der Waals surface area contributed by atoms with E-state index in [0.717, 1.165) is 4.31 Å². The minimum atomic E-state index is -3.60. The van der Waals surface area contributed by atoms with Crippen molar-refractivity contribution in [2.75, 3.05) is 52.1 Å². The standard InChI is InChI=1S/C14H24N4O4S.ClH/c1-17(2)13-7-6-10(23(20,21)18(3)4)8-12(13)16-14(19)11(15)9-22-5;/h6-8,11H,9,15H2,1-5H3,(H,16,19);1H. The van der Waals surface area contributed by atoms with Crippen LogP contribution in [0.3, 0.4) is 0 Å². The summed E-state index contributed by atoms with van der Waals surface area (Å²) in [4.78, 5) is 13.9. The molecule has 10 heteroatoms. The Morgan fingerprint density at radius 2 is 1.88 bits per heavy atom. The van der Waals surface area contributed by atoms with Crippen LogP contribution >= 0.6 is 12.4 Å². The lowest BCUT2D eigenvalue weighted by atomic mass is 10.2. The number of hydrogen-bond donors (Lipinski definition) is 2. The van der Waals surface area contributed by atoms with Gasteiger partial charge in [0.15, 0.2) is 0 Å². The summed E-state index contributed by atoms with van der Waals surface area (Å²) in [5, 5.41) is 2.66. The smallest absolute Gasteiger partial charge is 0.243 e. The molecular formula is C14H25ClN4O4S. The first-order chi connectivity index (χ1) is 10.6. The molecule has 0 fully saturated rings. The van der Waals surface area contributed by atoms with E-state index >= 15 is 0 Å². The van der Waals surface area contributed by atoms with Gasteiger partial charge in [0.1, 0.15) is 6.04 Å². The van der Waals surface area contributed by atoms with Crippen molar-refractivity contribution in [3.05, 3.63) is 18.2 Å². The van der Waals surface area contributed by atoms with Gasteiger partial charge in [-0.2, -0.15) is 0 Å². The highest BCUT2D eigenvalue weighted by atomic mass is 35.5. The lowest BCUT2D eigenvalue weighted by Gasteiger charge is -2.21. The second-order valence-electron chi connectivity index (χ2n) is 5.41. The number of halogens is 1. The summed E-state index contributed by atoms with van der Waals surface area (Å²) in [6.45, 7) is 0.0683. The molecule has 0 heterocycles. The van der Waals surface area contributed by atoms with Crippen LogP contribution in [-0.2, 0) is 19.6 Å². The van der Waals surface area contributed by atoms with Crippen LogP contribution in [0.25, 0.3) is 0 Å². The number of nitrogens with zero attached hydrogens (tertiary/aromatic N) is 2. The Morgan fingerprint density at radius 1 is 1.29 bits per heavy atom. The molecule has 0 spiro atoms. The molecule has 1 rings (SSSR count). The average Bonchev–Trinajstić information content (AvgIpc) is 2.46. The highest BCUT2D eigenvalue weighted by Gasteiger charge is 2.21. The number of rotatable bonds is 7. The Balaban J connectivity index is 0.00000529. The number of ether oxygens (including phenoxy) is 1. The van der Waals surface area contributed by atoms with E-state index in [2.05, 4.69) is 5.32 Å². The number of benzene rings is 1. The van der Waals surface area contributed by atoms with Crippen LogP contribution in [0.4, 0.5) is 11.4 Å². The van der Waals surface area contributed by atoms with Crippen LogP contribution in [0.15, 0.2) is 23.1 Å². The molecule has 3 N–H and O–H groups in total. The molecule has 1 atom stereocenters. The predicted octanol–water partition coefficient (Wildman–Crippen LogP) is 0.337. The van der Waals surface area contributed by atoms with Crippen molar-refractivity contribution in [1.29, 1.82) is 0 Å². The molecule has 24 heavy (non-hydrogen) atoms. The van der Waals surface area contributed by atoms with E-state index in [1.54, 1.807) is 25.1 Å². The number of anilines is 2. The van der Waals surface area contributed by atoms with E-state index in [-0.39, 0.29) is 23.9 Å². The molecule has 1 amide bonds. The number of carbonyl (C=O) groups excluding carboxylic acids is 1. The summed E-state index contributed by atoms with van der Waals surface area (Å²) < 4.78 is 30.4. The summed E-state index contributed by atoms with van der Waals surface area (Å²) in [5.74, 6) is -0.450. The second-order valence-corrected chi connectivity index (χ2v) is 7.56. The van der Waals surface area contributed by atoms with E-state index in [1.165, 1.54) is 33.3 Å². The molecule has 0 aliphatic rings. The van der Waals surface area contributed by atoms with Gasteiger partial charge in [-0.05, 0) is 18.2 Å². The first-order valence-corrected chi connectivity index (χ1v) is 8.34. The molecule has 1 aromatic carbocycles. The molecule has 0 bridgehead atoms. The maximum absolute atomic E-state index is 12.2. The molecule has 0 aromatic heterocycles. The Hall–Kier alpha value is -1.39. The zero-order chi connectivity index (χ0) is 17.8. The maximum atomic E-state index is 12.2. The lowest BCUT2D eigenvalue weighted by molar-refractivity contribution is -0.118. The molecule has 8 nitrogen and oxygen atoms in total. The van der Waals surface area contributed by atoms with E-state index in [9.17, 15) is 13.2 Å². The highest BCUT2D eigenvalue weighted by Crippen LogP contribution is 2.28. The molecule has 0 saturated heterocycles. The second kappa shape index (κ2) is 9.19. The minimum Gasteiger partial charge on any atom is -0.383 e. The monoisotopic (exact) mass is 380 g/mol. The van der Waals surface area contributed by atoms with E-state index in [0.29, 0.717) is 11.4 Å². The molecule has 1 unspecified atom stereocenters. The van der Waals surface area contributed by atoms with Gasteiger partial charge in [0.25, 0.3) is 0 Å². The lowest BCUT2D eigenvalue weighted by Crippen LogP contribution is -2.39. The largest absolute Gasteiger partial charge is 0.383 e. The van der Waals surface area contributed by atoms with Crippen molar-refractivity contribution >= 4 is 39.7 Å². The normalized spacial score (nSPS) is 12.5. The third-order valence-electron chi connectivity index (χ3n) is 3.17. The summed E-state index contributed by atoms with van der Waals surface area (Å²) in [7, 11) is 4.32. The maximum Gasteiger partial charge on any atom is 0.243 e. The number of nitrogens with two attached hydrogens (primary N) is 1. The van der Waals surface area contributed by atoms with Gasteiger partial charge in [-0.1, -0.05) is 0 Å². The van der Waals surface area contributed by atoms with Gasteiger partial charge in [0, 0.05) is 35.3 Å². The highest BCUT2D eigenvalue weighted by molar-refractivity contribution is 7.89. The van der Waals surface area contributed by atoms with Gasteiger partial charge < -0.3 is 20.7 Å². The fraction of sp³-hybridized carbons (Fsp3) is 0.500. The van der Waals surface area contributed by atoms with Crippen molar-refractivity contribution in [3.8, 4) is 0 Å². The number of carbonyl (C=O) groups is 1. The van der Waals surface area contributed by atoms with Crippen molar-refractivity contribution in [2.24, 2.45) is 5.73 Å². The zero-order valence-electron chi connectivity index (χ0n) is 14.4. The van der Waals surface area contributed by atoms with Crippen molar-refractivity contribution < 1.29 is 17.9 Å². The van der Waals surface area contributed by atoms with Crippen LogP contribution in [0.5, 0.6) is 0 Å². The summed E-state index contributed by atoms with van der Waals surface area (Å²) >= 11 is 0. The van der Waals surface area contributed by atoms with E-state index < -0.39 is 22.0 Å². The molecule has 0 saturated carbocycles. The number of amides is 1. The van der Waals surface area contributed by atoms with E-state index in [1.807, 2.05) is 0 Å². The third-order valence-corrected chi connectivity index (χ3v) is 4.98. The van der Waals surface area contributed by atoms with Crippen molar-refractivity contribution in [1.82, 2.24) is 4.31 Å². The number of hydrogen-bond acceptors (Lipinski definition) is 6. The Morgan fingerprint density at radius 3 is 2.33 bits per heavy atom. The van der Waals surface area contributed by atoms with E-state index in [4.69, 9.17) is 10.5 Å². The summed E-state index contributed by atoms with van der Waals surface area (Å²) in [6, 6.07) is 3.70. The van der Waals surface area contributed by atoms with Gasteiger partial charge in [0.2, 0.25) is 15.9 Å². The summed E-state index contributed by atoms with van der Waals surface area (Å²) in [6.07, 6.45) is 0. The van der Waals surface area contributed by atoms with Gasteiger partial charge in [-0.3, -0.25) is 4.79 Å². The molecule has 0 aliphatic heterocycles. The molecule has 138 valence electrons. The number of methoxy groups -OCH3 is 1. The molecule has 1 aromatic rings.